The molecule has 1 nitrogen and oxygen atoms in total. The van der Waals surface area contributed by atoms with Crippen LogP contribution in [0, 0.1) is 0 Å². The maximum atomic E-state index is 9.75. The van der Waals surface area contributed by atoms with Crippen molar-refractivity contribution in [2.45, 2.75) is 39.5 Å². The van der Waals surface area contributed by atoms with Crippen molar-refractivity contribution >= 4 is 18.7 Å². The normalized spacial score (nSPS) is 16.6. The van der Waals surface area contributed by atoms with Crippen molar-refractivity contribution in [3.05, 3.63) is 29.8 Å². The number of rotatable bonds is 2. The van der Waals surface area contributed by atoms with Gasteiger partial charge in [-0.3, -0.25) is 0 Å². The molecule has 1 aromatic rings. The third kappa shape index (κ3) is 3.84. The summed E-state index contributed by atoms with van der Waals surface area (Å²) in [5.41, 5.74) is 4.55. The average molecular weight is 289 g/mol. The second-order valence-corrected chi connectivity index (χ2v) is 5.37. The highest BCUT2D eigenvalue weighted by molar-refractivity contribution is 6.50. The fourth-order valence-electron chi connectivity index (χ4n) is 2.46. The number of halogens is 4. The van der Waals surface area contributed by atoms with Crippen LogP contribution in [0.3, 0.4) is 0 Å². The first-order valence-corrected chi connectivity index (χ1v) is 6.67. The lowest BCUT2D eigenvalue weighted by atomic mass is 9.82. The van der Waals surface area contributed by atoms with Gasteiger partial charge in [0.25, 0.3) is 0 Å². The number of fused-ring (bicyclic) bond motifs is 1. The third-order valence-corrected chi connectivity index (χ3v) is 3.62. The van der Waals surface area contributed by atoms with Gasteiger partial charge in [-0.15, -0.1) is 0 Å². The van der Waals surface area contributed by atoms with Crippen LogP contribution < -0.4 is 0 Å². The van der Waals surface area contributed by atoms with E-state index < -0.39 is 7.25 Å². The van der Waals surface area contributed by atoms with E-state index in [-0.39, 0.29) is 5.41 Å². The predicted octanol–water partition coefficient (Wildman–Crippen LogP) is 4.79. The van der Waals surface area contributed by atoms with Gasteiger partial charge in [-0.25, -0.2) is 0 Å². The van der Waals surface area contributed by atoms with Crippen LogP contribution in [0.25, 0.3) is 0 Å². The molecule has 112 valence electrons. The number of nitrogens with zero attached hydrogens (tertiary/aromatic N) is 1. The molecule has 6 heteroatoms. The molecule has 1 aliphatic rings. The highest BCUT2D eigenvalue weighted by atomic mass is 19.5. The summed E-state index contributed by atoms with van der Waals surface area (Å²) in [6.45, 7) is 10.3. The summed E-state index contributed by atoms with van der Waals surface area (Å²) < 4.78 is 41.5. The predicted molar refractivity (Wildman–Crippen MR) is 75.4 cm³/mol. The Hall–Kier alpha value is -1.33. The molecule has 1 heterocycles. The molecule has 0 aromatic heterocycles. The zero-order chi connectivity index (χ0) is 15.6. The van der Waals surface area contributed by atoms with Gasteiger partial charge >= 0.3 is 7.25 Å². The lowest BCUT2D eigenvalue weighted by Crippen LogP contribution is -2.26. The summed E-state index contributed by atoms with van der Waals surface area (Å²) in [6, 6.07) is 8.78. The zero-order valence-corrected chi connectivity index (χ0v) is 12.3. The van der Waals surface area contributed by atoms with Crippen molar-refractivity contribution in [1.29, 1.82) is 0 Å². The Balaban J connectivity index is 0.000000347. The Morgan fingerprint density at radius 2 is 1.60 bits per heavy atom. The molecule has 0 aliphatic carbocycles. The lowest BCUT2D eigenvalue weighted by Gasteiger charge is -2.14. The van der Waals surface area contributed by atoms with E-state index in [1.807, 2.05) is 0 Å². The number of hydrogen-bond acceptors (Lipinski definition) is 0. The van der Waals surface area contributed by atoms with Gasteiger partial charge in [0.2, 0.25) is 5.69 Å². The van der Waals surface area contributed by atoms with E-state index in [9.17, 15) is 17.3 Å². The number of hydrogen-bond donors (Lipinski definition) is 0. The minimum Gasteiger partial charge on any atom is -0.418 e. The molecule has 0 saturated heterocycles. The Morgan fingerprint density at radius 3 is 2.10 bits per heavy atom. The van der Waals surface area contributed by atoms with Gasteiger partial charge in [0.15, 0.2) is 5.71 Å². The first kappa shape index (κ1) is 16.7. The SMILES string of the molecule is CCC[N+]1=C(C)C(C)(C)c2ccccc21.F[B-](F)(F)F. The van der Waals surface area contributed by atoms with Crippen LogP contribution in [-0.4, -0.2) is 24.1 Å². The molecule has 1 aliphatic heterocycles. The first-order valence-electron chi connectivity index (χ1n) is 6.67. The molecule has 2 rings (SSSR count). The Bertz CT molecular complexity index is 500. The molecule has 20 heavy (non-hydrogen) atoms. The summed E-state index contributed by atoms with van der Waals surface area (Å²) in [4.78, 5) is 0. The molecule has 0 N–H and O–H groups in total. The van der Waals surface area contributed by atoms with E-state index in [1.165, 1.54) is 23.4 Å². The fraction of sp³-hybridized carbons (Fsp3) is 0.500. The third-order valence-electron chi connectivity index (χ3n) is 3.62. The maximum absolute atomic E-state index is 9.75. The number of para-hydroxylation sites is 1. The summed E-state index contributed by atoms with van der Waals surface area (Å²) in [5, 5.41) is 0. The topological polar surface area (TPSA) is 3.01 Å². The van der Waals surface area contributed by atoms with E-state index in [0.717, 1.165) is 6.54 Å². The highest BCUT2D eigenvalue weighted by Gasteiger charge is 2.42. The quantitative estimate of drug-likeness (QED) is 0.418. The van der Waals surface area contributed by atoms with Crippen molar-refractivity contribution in [1.82, 2.24) is 0 Å². The molecular weight excluding hydrogens is 269 g/mol. The van der Waals surface area contributed by atoms with Crippen molar-refractivity contribution < 1.29 is 21.8 Å². The van der Waals surface area contributed by atoms with Crippen LogP contribution in [-0.2, 0) is 5.41 Å². The van der Waals surface area contributed by atoms with Gasteiger partial charge in [-0.05, 0) is 13.8 Å². The van der Waals surface area contributed by atoms with Crippen LogP contribution in [0.2, 0.25) is 0 Å². The van der Waals surface area contributed by atoms with Gasteiger partial charge in [-0.2, -0.15) is 4.58 Å². The molecule has 0 radical (unpaired) electrons. The Labute approximate surface area is 117 Å². The van der Waals surface area contributed by atoms with Crippen molar-refractivity contribution in [2.24, 2.45) is 0 Å². The van der Waals surface area contributed by atoms with E-state index in [2.05, 4.69) is 56.5 Å². The molecule has 0 unspecified atom stereocenters. The van der Waals surface area contributed by atoms with E-state index in [0.29, 0.717) is 0 Å². The average Bonchev–Trinajstić information content (AvgIpc) is 2.50. The molecule has 1 aromatic carbocycles. The maximum Gasteiger partial charge on any atom is 0.673 e. The first-order chi connectivity index (χ1) is 9.09. The van der Waals surface area contributed by atoms with Crippen LogP contribution in [0.1, 0.15) is 39.7 Å². The summed E-state index contributed by atoms with van der Waals surface area (Å²) in [5.74, 6) is 0. The lowest BCUT2D eigenvalue weighted by molar-refractivity contribution is -0.438. The zero-order valence-electron chi connectivity index (χ0n) is 12.3. The van der Waals surface area contributed by atoms with Gasteiger partial charge in [0.05, 0.1) is 5.41 Å². The fourth-order valence-corrected chi connectivity index (χ4v) is 2.46. The summed E-state index contributed by atoms with van der Waals surface area (Å²) in [6.07, 6.45) is 1.20. The minimum atomic E-state index is -6.00. The molecular formula is C14H20BF4N. The standard InChI is InChI=1S/C14H20N.BF4/c1-5-10-15-11(2)14(3,4)12-8-6-7-9-13(12)15;2-1(3,4)5/h6-9H,5,10H2,1-4H3;/q+1;-1. The van der Waals surface area contributed by atoms with Crippen molar-refractivity contribution in [3.8, 4) is 0 Å². The number of benzene rings is 1. The van der Waals surface area contributed by atoms with Crippen LogP contribution in [0.15, 0.2) is 24.3 Å². The van der Waals surface area contributed by atoms with Crippen molar-refractivity contribution in [3.63, 3.8) is 0 Å². The summed E-state index contributed by atoms with van der Waals surface area (Å²) >= 11 is 0. The monoisotopic (exact) mass is 289 g/mol. The van der Waals surface area contributed by atoms with Crippen LogP contribution >= 0.6 is 0 Å². The smallest absolute Gasteiger partial charge is 0.418 e. The second-order valence-electron chi connectivity index (χ2n) is 5.37. The Kier molecular flexibility index (Phi) is 5.00. The van der Waals surface area contributed by atoms with E-state index in [1.54, 1.807) is 0 Å². The molecule has 0 fully saturated rings. The van der Waals surface area contributed by atoms with Gasteiger partial charge in [0.1, 0.15) is 6.54 Å². The van der Waals surface area contributed by atoms with Gasteiger partial charge in [-0.1, -0.05) is 25.1 Å². The van der Waals surface area contributed by atoms with Crippen molar-refractivity contribution in [2.75, 3.05) is 6.54 Å². The van der Waals surface area contributed by atoms with Crippen LogP contribution in [0.5, 0.6) is 0 Å². The van der Waals surface area contributed by atoms with E-state index >= 15 is 0 Å². The van der Waals surface area contributed by atoms with Crippen LogP contribution in [0.4, 0.5) is 23.0 Å². The van der Waals surface area contributed by atoms with Gasteiger partial charge < -0.3 is 17.3 Å². The molecule has 0 atom stereocenters. The van der Waals surface area contributed by atoms with E-state index in [4.69, 9.17) is 0 Å². The highest BCUT2D eigenvalue weighted by Crippen LogP contribution is 2.38. The summed E-state index contributed by atoms with van der Waals surface area (Å²) in [7, 11) is -6.00. The molecule has 0 saturated carbocycles. The Morgan fingerprint density at radius 1 is 1.10 bits per heavy atom. The second kappa shape index (κ2) is 5.98. The minimum absolute atomic E-state index is 0.200. The largest absolute Gasteiger partial charge is 0.673 e. The molecule has 0 amide bonds. The van der Waals surface area contributed by atoms with Gasteiger partial charge in [0, 0.05) is 25.0 Å². The molecule has 0 bridgehead atoms. The molecule has 0 spiro atoms.